The van der Waals surface area contributed by atoms with Crippen LogP contribution in [0.25, 0.3) is 11.6 Å². The second kappa shape index (κ2) is 12.4. The number of halogens is 4. The van der Waals surface area contributed by atoms with Gasteiger partial charge in [0.25, 0.3) is 11.8 Å². The van der Waals surface area contributed by atoms with Crippen molar-refractivity contribution >= 4 is 29.1 Å². The minimum Gasteiger partial charge on any atom is -0.419 e. The van der Waals surface area contributed by atoms with Crippen LogP contribution in [0.3, 0.4) is 0 Å². The summed E-state index contributed by atoms with van der Waals surface area (Å²) in [6.45, 7) is 6.35. The Kier molecular flexibility index (Phi) is 8.83. The molecule has 2 N–H and O–H groups in total. The molecule has 2 aliphatic rings. The van der Waals surface area contributed by atoms with E-state index in [2.05, 4.69) is 30.0 Å². The maximum Gasteiger partial charge on any atom is 0.437 e. The molecule has 1 amide bonds. The summed E-state index contributed by atoms with van der Waals surface area (Å²) in [4.78, 5) is 30.9. The van der Waals surface area contributed by atoms with E-state index < -0.39 is 11.9 Å². The van der Waals surface area contributed by atoms with E-state index in [4.69, 9.17) is 21.8 Å². The zero-order chi connectivity index (χ0) is 30.0. The van der Waals surface area contributed by atoms with Crippen LogP contribution in [0.4, 0.5) is 24.8 Å². The number of aromatic nitrogens is 5. The minimum atomic E-state index is -4.72. The summed E-state index contributed by atoms with van der Waals surface area (Å²) < 4.78 is 48.0. The molecule has 0 aliphatic carbocycles. The van der Waals surface area contributed by atoms with Gasteiger partial charge < -0.3 is 20.0 Å². The molecule has 15 heteroatoms. The number of aryl methyl sites for hydroxylation is 1. The van der Waals surface area contributed by atoms with Crippen LogP contribution in [-0.2, 0) is 12.6 Å². The second-order valence-electron chi connectivity index (χ2n) is 10.5. The highest BCUT2D eigenvalue weighted by atomic mass is 35.5. The third-order valence-electron chi connectivity index (χ3n) is 7.81. The molecule has 0 radical (unpaired) electrons. The van der Waals surface area contributed by atoms with Gasteiger partial charge in [0.1, 0.15) is 16.7 Å². The van der Waals surface area contributed by atoms with E-state index in [1.165, 1.54) is 6.20 Å². The molecule has 0 spiro atoms. The SMILES string of the molecule is CCCc1nnc(-c2cnc(N3CCN(C4CCN(C(=O)c5ccc(Cl)nc5N)CC4)[C@@H](CC)C3)c(C(F)(F)F)n2)o1. The fourth-order valence-electron chi connectivity index (χ4n) is 5.69. The molecule has 2 saturated heterocycles. The summed E-state index contributed by atoms with van der Waals surface area (Å²) in [6, 6.07) is 3.34. The van der Waals surface area contributed by atoms with Gasteiger partial charge in [-0.25, -0.2) is 15.0 Å². The first-order valence-electron chi connectivity index (χ1n) is 14.1. The highest BCUT2D eigenvalue weighted by Gasteiger charge is 2.41. The number of hydrogen-bond donors (Lipinski definition) is 1. The molecule has 226 valence electrons. The maximum atomic E-state index is 14.2. The van der Waals surface area contributed by atoms with E-state index in [9.17, 15) is 18.0 Å². The van der Waals surface area contributed by atoms with Crippen LogP contribution in [-0.4, -0.2) is 85.7 Å². The molecule has 3 aromatic heterocycles. The first-order chi connectivity index (χ1) is 20.1. The quantitative estimate of drug-likeness (QED) is 0.387. The van der Waals surface area contributed by atoms with Crippen LogP contribution in [0.2, 0.25) is 5.15 Å². The lowest BCUT2D eigenvalue weighted by molar-refractivity contribution is -0.140. The normalized spacial score (nSPS) is 19.0. The number of carbonyl (C=O) groups is 1. The number of nitrogen functional groups attached to an aromatic ring is 1. The van der Waals surface area contributed by atoms with Crippen LogP contribution >= 0.6 is 11.6 Å². The van der Waals surface area contributed by atoms with Crippen LogP contribution in [0.1, 0.15) is 61.5 Å². The van der Waals surface area contributed by atoms with Gasteiger partial charge >= 0.3 is 6.18 Å². The predicted octanol–water partition coefficient (Wildman–Crippen LogP) is 4.33. The van der Waals surface area contributed by atoms with E-state index in [0.29, 0.717) is 50.6 Å². The molecule has 1 atom stereocenters. The third kappa shape index (κ3) is 6.28. The van der Waals surface area contributed by atoms with Crippen molar-refractivity contribution in [2.75, 3.05) is 43.4 Å². The first kappa shape index (κ1) is 30.0. The lowest BCUT2D eigenvalue weighted by atomic mass is 9.97. The molecule has 2 fully saturated rings. The molecule has 5 rings (SSSR count). The molecule has 0 bridgehead atoms. The fraction of sp³-hybridized carbons (Fsp3) is 0.556. The molecular weight excluding hydrogens is 575 g/mol. The summed E-state index contributed by atoms with van der Waals surface area (Å²) in [5, 5.41) is 7.96. The van der Waals surface area contributed by atoms with E-state index in [1.54, 1.807) is 21.9 Å². The van der Waals surface area contributed by atoms with Crippen molar-refractivity contribution in [2.24, 2.45) is 0 Å². The van der Waals surface area contributed by atoms with Gasteiger partial charge in [-0.15, -0.1) is 10.2 Å². The zero-order valence-electron chi connectivity index (χ0n) is 23.4. The minimum absolute atomic E-state index is 0.0113. The Hall–Kier alpha value is -3.52. The lowest BCUT2D eigenvalue weighted by Crippen LogP contribution is -2.59. The summed E-state index contributed by atoms with van der Waals surface area (Å²) in [7, 11) is 0. The molecule has 11 nitrogen and oxygen atoms in total. The summed E-state index contributed by atoms with van der Waals surface area (Å²) in [5.74, 6) is -0.0262. The van der Waals surface area contributed by atoms with Gasteiger partial charge in [-0.05, 0) is 37.8 Å². The standard InChI is InChI=1S/C27H33ClF3N9O2/c1-3-5-21-36-37-25(42-21)19-14-33-24(22(34-19)27(29,30)31)39-12-13-40(16(4-2)15-39)17-8-10-38(11-9-17)26(41)18-6-7-20(28)35-23(18)32/h6-7,14,16-17H,3-5,8-13,15H2,1-2H3,(H2,32,35)/t16-/m0/s1. The lowest BCUT2D eigenvalue weighted by Gasteiger charge is -2.47. The molecule has 0 unspecified atom stereocenters. The van der Waals surface area contributed by atoms with Gasteiger partial charge in [0.2, 0.25) is 5.89 Å². The Labute approximate surface area is 246 Å². The van der Waals surface area contributed by atoms with Crippen LogP contribution in [0.15, 0.2) is 22.7 Å². The van der Waals surface area contributed by atoms with Gasteiger partial charge in [0.05, 0.1) is 11.8 Å². The Bertz CT molecular complexity index is 1410. The average molecular weight is 608 g/mol. The summed E-state index contributed by atoms with van der Waals surface area (Å²) in [6.07, 6.45) is 0.0703. The second-order valence-corrected chi connectivity index (χ2v) is 10.9. The van der Waals surface area contributed by atoms with Crippen molar-refractivity contribution in [2.45, 2.75) is 64.2 Å². The number of anilines is 2. The number of carbonyl (C=O) groups excluding carboxylic acids is 1. The third-order valence-corrected chi connectivity index (χ3v) is 8.02. The molecule has 0 saturated carbocycles. The first-order valence-corrected chi connectivity index (χ1v) is 14.5. The number of nitrogens with two attached hydrogens (primary N) is 1. The molecular formula is C27H33ClF3N9O2. The largest absolute Gasteiger partial charge is 0.437 e. The molecule has 3 aromatic rings. The monoisotopic (exact) mass is 607 g/mol. The molecule has 2 aliphatic heterocycles. The van der Waals surface area contributed by atoms with Crippen molar-refractivity contribution in [3.63, 3.8) is 0 Å². The van der Waals surface area contributed by atoms with Crippen molar-refractivity contribution in [1.29, 1.82) is 0 Å². The zero-order valence-corrected chi connectivity index (χ0v) is 24.2. The Morgan fingerprint density at radius 3 is 2.55 bits per heavy atom. The smallest absolute Gasteiger partial charge is 0.419 e. The number of amides is 1. The number of pyridine rings is 1. The molecule has 0 aromatic carbocycles. The van der Waals surface area contributed by atoms with Gasteiger partial charge in [-0.3, -0.25) is 9.69 Å². The van der Waals surface area contributed by atoms with E-state index in [1.807, 2.05) is 13.8 Å². The summed E-state index contributed by atoms with van der Waals surface area (Å²) in [5.41, 5.74) is 5.06. The van der Waals surface area contributed by atoms with Crippen molar-refractivity contribution in [1.82, 2.24) is 34.9 Å². The number of piperazine rings is 1. The number of nitrogens with zero attached hydrogens (tertiary/aromatic N) is 8. The number of alkyl halides is 3. The number of rotatable bonds is 7. The average Bonchev–Trinajstić information content (AvgIpc) is 3.45. The van der Waals surface area contributed by atoms with Crippen LogP contribution in [0.5, 0.6) is 0 Å². The van der Waals surface area contributed by atoms with Crippen LogP contribution in [0, 0.1) is 0 Å². The Morgan fingerprint density at radius 2 is 1.88 bits per heavy atom. The van der Waals surface area contributed by atoms with Gasteiger partial charge in [-0.1, -0.05) is 25.4 Å². The van der Waals surface area contributed by atoms with Gasteiger partial charge in [-0.2, -0.15) is 13.2 Å². The topological polar surface area (TPSA) is 130 Å². The van der Waals surface area contributed by atoms with E-state index in [-0.39, 0.29) is 46.4 Å². The van der Waals surface area contributed by atoms with Crippen molar-refractivity contribution in [3.05, 3.63) is 40.6 Å². The molecule has 42 heavy (non-hydrogen) atoms. The Balaban J connectivity index is 1.27. The highest BCUT2D eigenvalue weighted by Crippen LogP contribution is 2.37. The Morgan fingerprint density at radius 1 is 1.12 bits per heavy atom. The van der Waals surface area contributed by atoms with E-state index in [0.717, 1.165) is 25.7 Å². The maximum absolute atomic E-state index is 14.2. The number of piperidine rings is 1. The van der Waals surface area contributed by atoms with Crippen molar-refractivity contribution < 1.29 is 22.4 Å². The van der Waals surface area contributed by atoms with Gasteiger partial charge in [0.15, 0.2) is 11.5 Å². The van der Waals surface area contributed by atoms with Gasteiger partial charge in [0, 0.05) is 51.2 Å². The number of likely N-dealkylation sites (tertiary alicyclic amines) is 1. The van der Waals surface area contributed by atoms with Crippen molar-refractivity contribution in [3.8, 4) is 11.6 Å². The summed E-state index contributed by atoms with van der Waals surface area (Å²) >= 11 is 5.87. The van der Waals surface area contributed by atoms with Crippen LogP contribution < -0.4 is 10.6 Å². The molecule has 5 heterocycles. The predicted molar refractivity (Wildman–Crippen MR) is 150 cm³/mol. The number of hydrogen-bond acceptors (Lipinski definition) is 10. The highest BCUT2D eigenvalue weighted by molar-refractivity contribution is 6.29. The fourth-order valence-corrected chi connectivity index (χ4v) is 5.84. The van der Waals surface area contributed by atoms with E-state index >= 15 is 0 Å².